The third kappa shape index (κ3) is 5.79. The molecule has 4 nitrogen and oxygen atoms in total. The Kier molecular flexibility index (Phi) is 8.07. The Bertz CT molecular complexity index is 762. The van der Waals surface area contributed by atoms with Crippen LogP contribution in [0.25, 0.3) is 0 Å². The van der Waals surface area contributed by atoms with E-state index < -0.39 is 0 Å². The van der Waals surface area contributed by atoms with Crippen molar-refractivity contribution in [2.45, 2.75) is 33.4 Å². The van der Waals surface area contributed by atoms with E-state index in [4.69, 9.17) is 32.7 Å². The third-order valence-electron chi connectivity index (χ3n) is 3.31. The van der Waals surface area contributed by atoms with E-state index >= 15 is 0 Å². The molecule has 0 radical (unpaired) electrons. The maximum atomic E-state index is 6.15. The van der Waals surface area contributed by atoms with Gasteiger partial charge in [-0.25, -0.2) is 0 Å². The van der Waals surface area contributed by atoms with Gasteiger partial charge in [-0.2, -0.15) is 5.10 Å². The van der Waals surface area contributed by atoms with Gasteiger partial charge in [0, 0.05) is 15.6 Å². The van der Waals surface area contributed by atoms with Crippen LogP contribution in [0.5, 0.6) is 11.5 Å². The van der Waals surface area contributed by atoms with E-state index in [1.54, 1.807) is 18.3 Å². The molecule has 0 bridgehead atoms. The molecule has 0 fully saturated rings. The first-order chi connectivity index (χ1) is 12.4. The average Bonchev–Trinajstić information content (AvgIpc) is 2.57. The minimum absolute atomic E-state index is 0.0482. The van der Waals surface area contributed by atoms with Crippen LogP contribution in [-0.2, 0) is 6.54 Å². The lowest BCUT2D eigenvalue weighted by molar-refractivity contribution is 0.222. The Hall–Kier alpha value is -1.43. The Balaban J connectivity index is 2.12. The predicted molar refractivity (Wildman–Crippen MR) is 112 cm³/mol. The molecule has 2 rings (SSSR count). The van der Waals surface area contributed by atoms with Crippen LogP contribution < -0.4 is 14.9 Å². The van der Waals surface area contributed by atoms with Gasteiger partial charge in [0.2, 0.25) is 0 Å². The lowest BCUT2D eigenvalue weighted by Crippen LogP contribution is -2.09. The molecule has 2 aromatic carbocycles. The largest absolute Gasteiger partial charge is 0.490 e. The summed E-state index contributed by atoms with van der Waals surface area (Å²) in [6.45, 7) is 6.86. The quantitative estimate of drug-likeness (QED) is 0.385. The van der Waals surface area contributed by atoms with Gasteiger partial charge >= 0.3 is 0 Å². The van der Waals surface area contributed by atoms with Crippen molar-refractivity contribution >= 4 is 45.3 Å². The molecule has 0 atom stereocenters. The van der Waals surface area contributed by atoms with E-state index in [-0.39, 0.29) is 6.10 Å². The van der Waals surface area contributed by atoms with Gasteiger partial charge in [0.15, 0.2) is 11.5 Å². The van der Waals surface area contributed by atoms with Crippen molar-refractivity contribution in [2.24, 2.45) is 5.10 Å². The van der Waals surface area contributed by atoms with Gasteiger partial charge in [-0.15, -0.1) is 0 Å². The van der Waals surface area contributed by atoms with Gasteiger partial charge in [-0.3, -0.25) is 0 Å². The van der Waals surface area contributed by atoms with Crippen molar-refractivity contribution < 1.29 is 9.47 Å². The number of nitrogens with one attached hydrogen (secondary N) is 1. The van der Waals surface area contributed by atoms with Gasteiger partial charge in [-0.05, 0) is 66.5 Å². The van der Waals surface area contributed by atoms with Crippen molar-refractivity contribution in [1.29, 1.82) is 0 Å². The molecule has 2 aromatic rings. The van der Waals surface area contributed by atoms with Crippen LogP contribution in [0.3, 0.4) is 0 Å². The molecule has 0 spiro atoms. The van der Waals surface area contributed by atoms with Gasteiger partial charge in [-0.1, -0.05) is 29.3 Å². The van der Waals surface area contributed by atoms with Gasteiger partial charge in [0.25, 0.3) is 0 Å². The van der Waals surface area contributed by atoms with Crippen LogP contribution in [0.2, 0.25) is 10.0 Å². The van der Waals surface area contributed by atoms with Crippen molar-refractivity contribution in [1.82, 2.24) is 5.43 Å². The summed E-state index contributed by atoms with van der Waals surface area (Å²) in [7, 11) is 0. The summed E-state index contributed by atoms with van der Waals surface area (Å²) in [5.74, 6) is 1.36. The second kappa shape index (κ2) is 10.0. The maximum absolute atomic E-state index is 6.15. The molecule has 0 unspecified atom stereocenters. The minimum Gasteiger partial charge on any atom is -0.490 e. The second-order valence-electron chi connectivity index (χ2n) is 5.72. The van der Waals surface area contributed by atoms with Crippen LogP contribution in [0.1, 0.15) is 31.9 Å². The number of hydrazone groups is 1. The summed E-state index contributed by atoms with van der Waals surface area (Å²) in [4.78, 5) is 0. The lowest BCUT2D eigenvalue weighted by atomic mass is 10.2. The highest BCUT2D eigenvalue weighted by atomic mass is 79.9. The Labute approximate surface area is 172 Å². The van der Waals surface area contributed by atoms with Crippen LogP contribution in [0.15, 0.2) is 39.9 Å². The Morgan fingerprint density at radius 2 is 1.92 bits per heavy atom. The van der Waals surface area contributed by atoms with Crippen molar-refractivity contribution in [2.75, 3.05) is 6.61 Å². The first-order valence-corrected chi connectivity index (χ1v) is 9.79. The fraction of sp³-hybridized carbons (Fsp3) is 0.316. The van der Waals surface area contributed by atoms with E-state index in [1.807, 2.05) is 39.0 Å². The average molecular weight is 460 g/mol. The first-order valence-electron chi connectivity index (χ1n) is 8.24. The number of hydrogen-bond donors (Lipinski definition) is 1. The van der Waals surface area contributed by atoms with Gasteiger partial charge < -0.3 is 14.9 Å². The zero-order valence-corrected chi connectivity index (χ0v) is 18.0. The molecule has 7 heteroatoms. The van der Waals surface area contributed by atoms with Crippen LogP contribution in [-0.4, -0.2) is 18.9 Å². The molecule has 0 aliphatic carbocycles. The first kappa shape index (κ1) is 20.9. The zero-order chi connectivity index (χ0) is 19.1. The third-order valence-corrected chi connectivity index (χ3v) is 4.60. The summed E-state index contributed by atoms with van der Waals surface area (Å²) < 4.78 is 12.3. The highest BCUT2D eigenvalue weighted by Crippen LogP contribution is 2.37. The molecular formula is C19H21BrCl2N2O2. The summed E-state index contributed by atoms with van der Waals surface area (Å²) >= 11 is 15.8. The van der Waals surface area contributed by atoms with Gasteiger partial charge in [0.05, 0.1) is 29.9 Å². The Morgan fingerprint density at radius 3 is 2.54 bits per heavy atom. The zero-order valence-electron chi connectivity index (χ0n) is 14.9. The van der Waals surface area contributed by atoms with Crippen LogP contribution in [0.4, 0.5) is 0 Å². The normalized spacial score (nSPS) is 11.2. The molecule has 0 aliphatic heterocycles. The standard InChI is InChI=1S/C19H21BrCl2N2O2/c1-4-25-18-9-13(8-15(20)19(18)26-12(2)3)10-23-24-11-14-16(21)6-5-7-17(14)22/h5-10,12,24H,4,11H2,1-3H3/b23-10+. The topological polar surface area (TPSA) is 42.8 Å². The SMILES string of the molecule is CCOc1cc(/C=N/NCc2c(Cl)cccc2Cl)cc(Br)c1OC(C)C. The number of halogens is 3. The molecule has 0 saturated heterocycles. The van der Waals surface area contributed by atoms with Crippen molar-refractivity contribution in [3.05, 3.63) is 56.0 Å². The van der Waals surface area contributed by atoms with Crippen molar-refractivity contribution in [3.8, 4) is 11.5 Å². The van der Waals surface area contributed by atoms with E-state index in [0.717, 1.165) is 15.6 Å². The molecule has 0 aliphatic rings. The van der Waals surface area contributed by atoms with E-state index in [9.17, 15) is 0 Å². The second-order valence-corrected chi connectivity index (χ2v) is 7.39. The number of rotatable bonds is 8. The molecule has 0 saturated carbocycles. The molecule has 0 heterocycles. The molecule has 0 amide bonds. The Morgan fingerprint density at radius 1 is 1.23 bits per heavy atom. The number of hydrogen-bond acceptors (Lipinski definition) is 4. The number of ether oxygens (including phenoxy) is 2. The van der Waals surface area contributed by atoms with E-state index in [2.05, 4.69) is 26.5 Å². The van der Waals surface area contributed by atoms with E-state index in [0.29, 0.717) is 34.7 Å². The summed E-state index contributed by atoms with van der Waals surface area (Å²) in [5.41, 5.74) is 4.64. The smallest absolute Gasteiger partial charge is 0.175 e. The molecule has 26 heavy (non-hydrogen) atoms. The highest BCUT2D eigenvalue weighted by molar-refractivity contribution is 9.10. The molecular weight excluding hydrogens is 439 g/mol. The van der Waals surface area contributed by atoms with Crippen LogP contribution >= 0.6 is 39.1 Å². The van der Waals surface area contributed by atoms with Crippen molar-refractivity contribution in [3.63, 3.8) is 0 Å². The number of benzene rings is 2. The fourth-order valence-corrected chi connectivity index (χ4v) is 3.31. The molecule has 0 aromatic heterocycles. The maximum Gasteiger partial charge on any atom is 0.175 e. The molecule has 140 valence electrons. The minimum atomic E-state index is 0.0482. The fourth-order valence-electron chi connectivity index (χ4n) is 2.22. The predicted octanol–water partition coefficient (Wildman–Crippen LogP) is 6.07. The number of nitrogens with zero attached hydrogens (tertiary/aromatic N) is 1. The van der Waals surface area contributed by atoms with E-state index in [1.165, 1.54) is 0 Å². The summed E-state index contributed by atoms with van der Waals surface area (Å²) in [6, 6.07) is 9.22. The van der Waals surface area contributed by atoms with Gasteiger partial charge in [0.1, 0.15) is 0 Å². The highest BCUT2D eigenvalue weighted by Gasteiger charge is 2.13. The summed E-state index contributed by atoms with van der Waals surface area (Å²) in [5, 5.41) is 5.46. The monoisotopic (exact) mass is 458 g/mol. The summed E-state index contributed by atoms with van der Waals surface area (Å²) in [6.07, 6.45) is 1.75. The molecule has 1 N–H and O–H groups in total. The van der Waals surface area contributed by atoms with Crippen LogP contribution in [0, 0.1) is 0 Å². The lowest BCUT2D eigenvalue weighted by Gasteiger charge is -2.16.